The average molecular weight is 279 g/mol. The Morgan fingerprint density at radius 2 is 1.50 bits per heavy atom. The molecule has 1 heterocycles. The number of nitrogens with one attached hydrogen (secondary N) is 1. The summed E-state index contributed by atoms with van der Waals surface area (Å²) in [5.74, 6) is 1.44. The van der Waals surface area contributed by atoms with Gasteiger partial charge in [0.05, 0.1) is 6.54 Å². The van der Waals surface area contributed by atoms with Crippen LogP contribution in [-0.4, -0.2) is 16.2 Å². The molecule has 0 aliphatic heterocycles. The Labute approximate surface area is 122 Å². The van der Waals surface area contributed by atoms with Crippen molar-refractivity contribution in [2.45, 2.75) is 90.1 Å². The van der Waals surface area contributed by atoms with Crippen LogP contribution in [-0.2, 0) is 6.54 Å². The molecule has 1 aliphatic carbocycles. The molecule has 0 aromatic carbocycles. The van der Waals surface area contributed by atoms with Gasteiger partial charge < -0.3 is 9.84 Å². The molecule has 4 nitrogen and oxygen atoms in total. The van der Waals surface area contributed by atoms with Gasteiger partial charge in [-0.3, -0.25) is 0 Å². The summed E-state index contributed by atoms with van der Waals surface area (Å²) in [4.78, 5) is 4.26. The summed E-state index contributed by atoms with van der Waals surface area (Å²) in [5, 5.41) is 7.57. The van der Waals surface area contributed by atoms with Crippen LogP contribution in [0.25, 0.3) is 0 Å². The van der Waals surface area contributed by atoms with E-state index in [1.165, 1.54) is 70.6 Å². The highest BCUT2D eigenvalue weighted by atomic mass is 16.5. The summed E-state index contributed by atoms with van der Waals surface area (Å²) >= 11 is 0. The third-order valence-electron chi connectivity index (χ3n) is 4.22. The normalized spacial score (nSPS) is 20.2. The largest absolute Gasteiger partial charge is 0.340 e. The van der Waals surface area contributed by atoms with Crippen molar-refractivity contribution < 1.29 is 4.52 Å². The van der Waals surface area contributed by atoms with Crippen LogP contribution in [0.15, 0.2) is 4.52 Å². The minimum Gasteiger partial charge on any atom is -0.340 e. The van der Waals surface area contributed by atoms with Gasteiger partial charge in [-0.25, -0.2) is 0 Å². The van der Waals surface area contributed by atoms with E-state index in [1.807, 2.05) is 6.92 Å². The fraction of sp³-hybridized carbons (Fsp3) is 0.875. The predicted octanol–water partition coefficient (Wildman–Crippen LogP) is 4.14. The van der Waals surface area contributed by atoms with Gasteiger partial charge in [-0.2, -0.15) is 4.98 Å². The first-order valence-electron chi connectivity index (χ1n) is 8.37. The van der Waals surface area contributed by atoms with E-state index in [2.05, 4.69) is 15.5 Å². The minimum absolute atomic E-state index is 0.619. The highest BCUT2D eigenvalue weighted by Crippen LogP contribution is 2.17. The van der Waals surface area contributed by atoms with E-state index in [4.69, 9.17) is 4.52 Å². The molecule has 1 aromatic heterocycles. The molecule has 0 spiro atoms. The number of aromatic nitrogens is 2. The molecular weight excluding hydrogens is 250 g/mol. The average Bonchev–Trinajstić information content (AvgIpc) is 2.84. The maximum absolute atomic E-state index is 5.01. The van der Waals surface area contributed by atoms with E-state index < -0.39 is 0 Å². The molecule has 20 heavy (non-hydrogen) atoms. The second-order valence-electron chi connectivity index (χ2n) is 6.07. The number of hydrogen-bond acceptors (Lipinski definition) is 4. The van der Waals surface area contributed by atoms with E-state index in [1.54, 1.807) is 0 Å². The van der Waals surface area contributed by atoms with Crippen molar-refractivity contribution in [3.8, 4) is 0 Å². The van der Waals surface area contributed by atoms with Crippen LogP contribution in [0.4, 0.5) is 0 Å². The van der Waals surface area contributed by atoms with Crippen molar-refractivity contribution in [1.82, 2.24) is 15.5 Å². The summed E-state index contributed by atoms with van der Waals surface area (Å²) in [6.07, 6.45) is 15.2. The van der Waals surface area contributed by atoms with Crippen LogP contribution < -0.4 is 5.32 Å². The lowest BCUT2D eigenvalue weighted by atomic mass is 9.98. The van der Waals surface area contributed by atoms with Gasteiger partial charge in [0.2, 0.25) is 5.89 Å². The van der Waals surface area contributed by atoms with Crippen LogP contribution in [0.2, 0.25) is 0 Å². The summed E-state index contributed by atoms with van der Waals surface area (Å²) in [6.45, 7) is 2.58. The molecule has 0 bridgehead atoms. The molecule has 1 fully saturated rings. The Morgan fingerprint density at radius 3 is 2.00 bits per heavy atom. The van der Waals surface area contributed by atoms with Gasteiger partial charge >= 0.3 is 0 Å². The zero-order valence-electron chi connectivity index (χ0n) is 12.9. The first-order valence-corrected chi connectivity index (χ1v) is 8.37. The van der Waals surface area contributed by atoms with Gasteiger partial charge in [0.15, 0.2) is 5.82 Å². The topological polar surface area (TPSA) is 51.0 Å². The van der Waals surface area contributed by atoms with Crippen LogP contribution in [0.1, 0.15) is 82.3 Å². The molecule has 1 aliphatic rings. The van der Waals surface area contributed by atoms with Gasteiger partial charge in [-0.15, -0.1) is 0 Å². The van der Waals surface area contributed by atoms with Crippen LogP contribution in [0.3, 0.4) is 0 Å². The zero-order valence-corrected chi connectivity index (χ0v) is 12.9. The maximum Gasteiger partial charge on any atom is 0.223 e. The molecule has 0 amide bonds. The highest BCUT2D eigenvalue weighted by Gasteiger charge is 2.10. The van der Waals surface area contributed by atoms with E-state index in [0.29, 0.717) is 11.9 Å². The predicted molar refractivity (Wildman–Crippen MR) is 80.4 cm³/mol. The first kappa shape index (κ1) is 15.5. The fourth-order valence-electron chi connectivity index (χ4n) is 3.02. The summed E-state index contributed by atoms with van der Waals surface area (Å²) in [6, 6.07) is 0.619. The summed E-state index contributed by atoms with van der Waals surface area (Å²) in [5.41, 5.74) is 0. The SMILES string of the molecule is Cc1nc(CNC2CCCCCCCCCCC2)no1. The minimum atomic E-state index is 0.619. The Hall–Kier alpha value is -0.900. The number of nitrogens with zero attached hydrogens (tertiary/aromatic N) is 2. The Kier molecular flexibility index (Phi) is 7.06. The number of aryl methyl sites for hydroxylation is 1. The van der Waals surface area contributed by atoms with Gasteiger partial charge in [-0.05, 0) is 12.8 Å². The van der Waals surface area contributed by atoms with Crippen LogP contribution >= 0.6 is 0 Å². The lowest BCUT2D eigenvalue weighted by molar-refractivity contribution is 0.373. The van der Waals surface area contributed by atoms with Crippen molar-refractivity contribution in [3.05, 3.63) is 11.7 Å². The fourth-order valence-corrected chi connectivity index (χ4v) is 3.02. The molecular formula is C16H29N3O. The van der Waals surface area contributed by atoms with Gasteiger partial charge in [-0.1, -0.05) is 62.9 Å². The molecule has 0 radical (unpaired) electrons. The van der Waals surface area contributed by atoms with Crippen molar-refractivity contribution in [1.29, 1.82) is 0 Å². The molecule has 4 heteroatoms. The third kappa shape index (κ3) is 6.04. The Bertz CT molecular complexity index is 352. The molecule has 0 atom stereocenters. The summed E-state index contributed by atoms with van der Waals surface area (Å²) < 4.78 is 5.01. The first-order chi connectivity index (χ1) is 9.84. The second kappa shape index (κ2) is 9.11. The second-order valence-corrected chi connectivity index (χ2v) is 6.07. The molecule has 1 saturated carbocycles. The van der Waals surface area contributed by atoms with Gasteiger partial charge in [0.1, 0.15) is 0 Å². The van der Waals surface area contributed by atoms with Crippen molar-refractivity contribution in [3.63, 3.8) is 0 Å². The van der Waals surface area contributed by atoms with Crippen molar-refractivity contribution >= 4 is 0 Å². The maximum atomic E-state index is 5.01. The quantitative estimate of drug-likeness (QED) is 0.903. The van der Waals surface area contributed by atoms with E-state index in [0.717, 1.165) is 12.4 Å². The van der Waals surface area contributed by atoms with E-state index >= 15 is 0 Å². The molecule has 2 rings (SSSR count). The summed E-state index contributed by atoms with van der Waals surface area (Å²) in [7, 11) is 0. The molecule has 1 aromatic rings. The Morgan fingerprint density at radius 1 is 0.950 bits per heavy atom. The Balaban J connectivity index is 1.73. The molecule has 1 N–H and O–H groups in total. The molecule has 0 saturated heterocycles. The number of hydrogen-bond donors (Lipinski definition) is 1. The molecule has 0 unspecified atom stereocenters. The lowest BCUT2D eigenvalue weighted by Gasteiger charge is -2.18. The number of rotatable bonds is 3. The van der Waals surface area contributed by atoms with Crippen LogP contribution in [0.5, 0.6) is 0 Å². The molecule has 114 valence electrons. The van der Waals surface area contributed by atoms with Gasteiger partial charge in [0.25, 0.3) is 0 Å². The zero-order chi connectivity index (χ0) is 14.0. The standard InChI is InChI=1S/C16H29N3O/c1-14-18-16(19-20-14)13-17-15-11-9-7-5-3-2-4-6-8-10-12-15/h15,17H,2-13H2,1H3. The van der Waals surface area contributed by atoms with E-state index in [9.17, 15) is 0 Å². The lowest BCUT2D eigenvalue weighted by Crippen LogP contribution is -2.29. The van der Waals surface area contributed by atoms with Crippen LogP contribution in [0, 0.1) is 6.92 Å². The van der Waals surface area contributed by atoms with Crippen molar-refractivity contribution in [2.75, 3.05) is 0 Å². The third-order valence-corrected chi connectivity index (χ3v) is 4.22. The monoisotopic (exact) mass is 279 g/mol. The van der Waals surface area contributed by atoms with Gasteiger partial charge in [0, 0.05) is 13.0 Å². The van der Waals surface area contributed by atoms with E-state index in [-0.39, 0.29) is 0 Å². The van der Waals surface area contributed by atoms with Crippen molar-refractivity contribution in [2.24, 2.45) is 0 Å². The smallest absolute Gasteiger partial charge is 0.223 e. The highest BCUT2D eigenvalue weighted by molar-refractivity contribution is 4.84.